The smallest absolute Gasteiger partial charge is 0.321 e. The first-order valence-corrected chi connectivity index (χ1v) is 12.3. The summed E-state index contributed by atoms with van der Waals surface area (Å²) in [6.45, 7) is 8.92. The SMILES string of the molecule is CC(C)C1CCC(N2CCN(c3nnc(NC(=O)NC4CCCC4)s3)CC2)CC1. The molecule has 2 aliphatic carbocycles. The normalized spacial score (nSPS) is 26.8. The molecular weight excluding hydrogens is 384 g/mol. The zero-order valence-electron chi connectivity index (χ0n) is 17.9. The Morgan fingerprint density at radius 2 is 1.69 bits per heavy atom. The number of hydrogen-bond donors (Lipinski definition) is 2. The molecule has 4 rings (SSSR count). The zero-order chi connectivity index (χ0) is 20.2. The van der Waals surface area contributed by atoms with Gasteiger partial charge < -0.3 is 10.2 Å². The lowest BCUT2D eigenvalue weighted by Gasteiger charge is -2.42. The number of hydrogen-bond acceptors (Lipinski definition) is 6. The molecule has 1 aromatic rings. The van der Waals surface area contributed by atoms with Gasteiger partial charge in [0.15, 0.2) is 0 Å². The second kappa shape index (κ2) is 9.60. The fourth-order valence-electron chi connectivity index (χ4n) is 5.19. The quantitative estimate of drug-likeness (QED) is 0.755. The van der Waals surface area contributed by atoms with Gasteiger partial charge in [0.25, 0.3) is 0 Å². The molecule has 2 N–H and O–H groups in total. The first-order valence-electron chi connectivity index (χ1n) is 11.5. The van der Waals surface area contributed by atoms with Crippen molar-refractivity contribution in [1.82, 2.24) is 20.4 Å². The molecule has 0 radical (unpaired) electrons. The van der Waals surface area contributed by atoms with Crippen molar-refractivity contribution in [3.05, 3.63) is 0 Å². The maximum absolute atomic E-state index is 12.1. The van der Waals surface area contributed by atoms with Gasteiger partial charge in [-0.25, -0.2) is 4.79 Å². The van der Waals surface area contributed by atoms with Crippen LogP contribution in [0.3, 0.4) is 0 Å². The van der Waals surface area contributed by atoms with Crippen LogP contribution in [0.15, 0.2) is 0 Å². The monoisotopic (exact) mass is 420 g/mol. The van der Waals surface area contributed by atoms with Crippen molar-refractivity contribution in [3.63, 3.8) is 0 Å². The molecule has 2 heterocycles. The molecule has 3 aliphatic rings. The van der Waals surface area contributed by atoms with Crippen LogP contribution in [0.5, 0.6) is 0 Å². The van der Waals surface area contributed by atoms with E-state index >= 15 is 0 Å². The van der Waals surface area contributed by atoms with Gasteiger partial charge in [-0.3, -0.25) is 10.2 Å². The molecule has 1 aromatic heterocycles. The third-order valence-electron chi connectivity index (χ3n) is 7.11. The van der Waals surface area contributed by atoms with E-state index in [1.165, 1.54) is 49.9 Å². The van der Waals surface area contributed by atoms with Crippen LogP contribution in [0.4, 0.5) is 15.1 Å². The molecule has 8 heteroatoms. The summed E-state index contributed by atoms with van der Waals surface area (Å²) in [5.41, 5.74) is 0. The summed E-state index contributed by atoms with van der Waals surface area (Å²) in [4.78, 5) is 17.1. The van der Waals surface area contributed by atoms with Crippen molar-refractivity contribution in [1.29, 1.82) is 0 Å². The number of rotatable bonds is 5. The van der Waals surface area contributed by atoms with Crippen LogP contribution < -0.4 is 15.5 Å². The van der Waals surface area contributed by atoms with Crippen molar-refractivity contribution in [2.45, 2.75) is 77.3 Å². The summed E-state index contributed by atoms with van der Waals surface area (Å²) in [6.07, 6.45) is 10.1. The molecule has 29 heavy (non-hydrogen) atoms. The summed E-state index contributed by atoms with van der Waals surface area (Å²) in [5.74, 6) is 1.75. The fourth-order valence-corrected chi connectivity index (χ4v) is 5.99. The molecule has 2 amide bonds. The maximum Gasteiger partial charge on any atom is 0.321 e. The van der Waals surface area contributed by atoms with Crippen molar-refractivity contribution < 1.29 is 4.79 Å². The average molecular weight is 421 g/mol. The molecule has 1 saturated heterocycles. The average Bonchev–Trinajstić information content (AvgIpc) is 3.40. The minimum Gasteiger partial charge on any atom is -0.344 e. The number of nitrogens with one attached hydrogen (secondary N) is 2. The summed E-state index contributed by atoms with van der Waals surface area (Å²) >= 11 is 1.48. The number of aromatic nitrogens is 2. The molecule has 0 aromatic carbocycles. The van der Waals surface area contributed by atoms with Crippen LogP contribution in [0.2, 0.25) is 0 Å². The van der Waals surface area contributed by atoms with E-state index < -0.39 is 0 Å². The molecule has 2 saturated carbocycles. The van der Waals surface area contributed by atoms with Crippen LogP contribution in [-0.2, 0) is 0 Å². The Morgan fingerprint density at radius 1 is 1.00 bits per heavy atom. The minimum atomic E-state index is -0.151. The third-order valence-corrected chi connectivity index (χ3v) is 8.01. The Labute approximate surface area is 178 Å². The Kier molecular flexibility index (Phi) is 6.90. The van der Waals surface area contributed by atoms with E-state index in [4.69, 9.17) is 0 Å². The van der Waals surface area contributed by atoms with Crippen molar-refractivity contribution in [3.8, 4) is 0 Å². The largest absolute Gasteiger partial charge is 0.344 e. The van der Waals surface area contributed by atoms with Gasteiger partial charge in [-0.2, -0.15) is 0 Å². The number of carbonyl (C=O) groups excluding carboxylic acids is 1. The minimum absolute atomic E-state index is 0.151. The summed E-state index contributed by atoms with van der Waals surface area (Å²) in [5, 5.41) is 15.9. The van der Waals surface area contributed by atoms with Gasteiger partial charge >= 0.3 is 6.03 Å². The highest BCUT2D eigenvalue weighted by atomic mass is 32.1. The number of anilines is 2. The highest BCUT2D eigenvalue weighted by molar-refractivity contribution is 7.19. The maximum atomic E-state index is 12.1. The van der Waals surface area contributed by atoms with E-state index in [0.717, 1.165) is 62.0 Å². The molecule has 0 spiro atoms. The van der Waals surface area contributed by atoms with Crippen LogP contribution in [0.1, 0.15) is 65.2 Å². The second-order valence-corrected chi connectivity index (χ2v) is 10.3. The first kappa shape index (κ1) is 20.8. The Bertz CT molecular complexity index is 658. The van der Waals surface area contributed by atoms with Crippen LogP contribution in [0, 0.1) is 11.8 Å². The predicted octanol–water partition coefficient (Wildman–Crippen LogP) is 3.94. The number of nitrogens with zero attached hydrogens (tertiary/aromatic N) is 4. The van der Waals surface area contributed by atoms with E-state index in [1.54, 1.807) is 0 Å². The van der Waals surface area contributed by atoms with Crippen molar-refractivity contribution >= 4 is 27.6 Å². The topological polar surface area (TPSA) is 73.4 Å². The molecule has 162 valence electrons. The Morgan fingerprint density at radius 3 is 2.34 bits per heavy atom. The van der Waals surface area contributed by atoms with E-state index in [1.807, 2.05) is 0 Å². The molecule has 3 fully saturated rings. The van der Waals surface area contributed by atoms with Gasteiger partial charge in [-0.05, 0) is 50.4 Å². The van der Waals surface area contributed by atoms with Crippen LogP contribution in [-0.4, -0.2) is 59.4 Å². The highest BCUT2D eigenvalue weighted by Gasteiger charge is 2.30. The number of amides is 2. The summed E-state index contributed by atoms with van der Waals surface area (Å²) in [7, 11) is 0. The third kappa shape index (κ3) is 5.40. The van der Waals surface area contributed by atoms with E-state index in [9.17, 15) is 4.79 Å². The van der Waals surface area contributed by atoms with Gasteiger partial charge in [0.1, 0.15) is 0 Å². The molecular formula is C21H36N6OS. The van der Waals surface area contributed by atoms with Crippen molar-refractivity contribution in [2.24, 2.45) is 11.8 Å². The fraction of sp³-hybridized carbons (Fsp3) is 0.857. The second-order valence-electron chi connectivity index (χ2n) is 9.31. The highest BCUT2D eigenvalue weighted by Crippen LogP contribution is 2.33. The van der Waals surface area contributed by atoms with E-state index in [-0.39, 0.29) is 6.03 Å². The van der Waals surface area contributed by atoms with Crippen LogP contribution >= 0.6 is 11.3 Å². The van der Waals surface area contributed by atoms with Gasteiger partial charge in [0.2, 0.25) is 10.3 Å². The zero-order valence-corrected chi connectivity index (χ0v) is 18.7. The lowest BCUT2D eigenvalue weighted by atomic mass is 9.79. The summed E-state index contributed by atoms with van der Waals surface area (Å²) < 4.78 is 0. The predicted molar refractivity (Wildman–Crippen MR) is 119 cm³/mol. The Balaban J connectivity index is 1.21. The molecule has 0 atom stereocenters. The van der Waals surface area contributed by atoms with Crippen LogP contribution in [0.25, 0.3) is 0 Å². The van der Waals surface area contributed by atoms with E-state index in [2.05, 4.69) is 44.5 Å². The molecule has 1 aliphatic heterocycles. The number of piperazine rings is 1. The molecule has 0 bridgehead atoms. The lowest BCUT2D eigenvalue weighted by Crippen LogP contribution is -2.51. The lowest BCUT2D eigenvalue weighted by molar-refractivity contribution is 0.117. The van der Waals surface area contributed by atoms with Gasteiger partial charge in [0, 0.05) is 38.3 Å². The standard InChI is InChI=1S/C21H36N6OS/c1-15(2)16-7-9-18(10-8-16)26-11-13-27(14-12-26)21-25-24-20(29-21)23-19(28)22-17-5-3-4-6-17/h15-18H,3-14H2,1-2H3,(H2,22,23,24,28). The van der Waals surface area contributed by atoms with E-state index in [0.29, 0.717) is 11.2 Å². The number of urea groups is 1. The summed E-state index contributed by atoms with van der Waals surface area (Å²) in [6, 6.07) is 0.922. The number of carbonyl (C=O) groups is 1. The Hall–Kier alpha value is -1.41. The molecule has 0 unspecified atom stereocenters. The van der Waals surface area contributed by atoms with Gasteiger partial charge in [-0.15, -0.1) is 10.2 Å². The van der Waals surface area contributed by atoms with Gasteiger partial charge in [-0.1, -0.05) is 38.0 Å². The van der Waals surface area contributed by atoms with Crippen molar-refractivity contribution in [2.75, 3.05) is 36.4 Å². The van der Waals surface area contributed by atoms with Gasteiger partial charge in [0.05, 0.1) is 0 Å². The first-order chi connectivity index (χ1) is 14.1. The molecule has 7 nitrogen and oxygen atoms in total.